The van der Waals surface area contributed by atoms with E-state index in [1.54, 1.807) is 37.4 Å². The predicted molar refractivity (Wildman–Crippen MR) is 96.9 cm³/mol. The number of pyridine rings is 1. The highest BCUT2D eigenvalue weighted by molar-refractivity contribution is 7.99. The molecule has 0 aliphatic heterocycles. The molecule has 0 fully saturated rings. The molecule has 0 aliphatic carbocycles. The monoisotopic (exact) mass is 391 g/mol. The Bertz CT molecular complexity index is 959. The standard InChI is InChI=1S/C19H16F3N3OS/c1-11-6-8-13(9-7-11)27-18-14(19(20,21)22)17(26-3)24-16(25-18)15-12(2)5-4-10-23-15/h4-10H,1-3H3. The maximum Gasteiger partial charge on any atom is 0.424 e. The largest absolute Gasteiger partial charge is 0.480 e. The molecule has 0 unspecified atom stereocenters. The minimum Gasteiger partial charge on any atom is -0.480 e. The highest BCUT2D eigenvalue weighted by Gasteiger charge is 2.40. The number of aryl methyl sites for hydroxylation is 2. The van der Waals surface area contributed by atoms with E-state index in [0.29, 0.717) is 10.6 Å². The van der Waals surface area contributed by atoms with Gasteiger partial charge in [0.15, 0.2) is 11.4 Å². The highest BCUT2D eigenvalue weighted by atomic mass is 32.2. The lowest BCUT2D eigenvalue weighted by Gasteiger charge is -2.16. The molecule has 2 aromatic heterocycles. The number of nitrogens with zero attached hydrogens (tertiary/aromatic N) is 3. The third kappa shape index (κ3) is 4.21. The van der Waals surface area contributed by atoms with Gasteiger partial charge in [0.2, 0.25) is 5.88 Å². The van der Waals surface area contributed by atoms with E-state index < -0.39 is 17.6 Å². The lowest BCUT2D eigenvalue weighted by Crippen LogP contribution is -2.13. The minimum absolute atomic E-state index is 0.0903. The van der Waals surface area contributed by atoms with Crippen LogP contribution < -0.4 is 4.74 Å². The number of hydrogen-bond acceptors (Lipinski definition) is 5. The Hall–Kier alpha value is -2.61. The Balaban J connectivity index is 2.19. The van der Waals surface area contributed by atoms with Gasteiger partial charge in [0.25, 0.3) is 0 Å². The highest BCUT2D eigenvalue weighted by Crippen LogP contribution is 2.43. The van der Waals surface area contributed by atoms with Crippen LogP contribution in [-0.4, -0.2) is 22.1 Å². The fraction of sp³-hybridized carbons (Fsp3) is 0.211. The number of alkyl halides is 3. The SMILES string of the molecule is COc1nc(-c2ncccc2C)nc(Sc2ccc(C)cc2)c1C(F)(F)F. The number of methoxy groups -OCH3 is 1. The average molecular weight is 391 g/mol. The Morgan fingerprint density at radius 3 is 2.30 bits per heavy atom. The van der Waals surface area contributed by atoms with Crippen molar-refractivity contribution in [2.45, 2.75) is 29.9 Å². The molecule has 0 saturated heterocycles. The van der Waals surface area contributed by atoms with E-state index in [1.165, 1.54) is 0 Å². The van der Waals surface area contributed by atoms with Gasteiger partial charge in [-0.15, -0.1) is 0 Å². The predicted octanol–water partition coefficient (Wildman–Crippen LogP) is 5.33. The van der Waals surface area contributed by atoms with Crippen LogP contribution in [0.3, 0.4) is 0 Å². The second-order valence-corrected chi connectivity index (χ2v) is 6.88. The molecule has 0 atom stereocenters. The van der Waals surface area contributed by atoms with Gasteiger partial charge in [0.1, 0.15) is 10.7 Å². The quantitative estimate of drug-likeness (QED) is 0.562. The first-order valence-electron chi connectivity index (χ1n) is 7.99. The summed E-state index contributed by atoms with van der Waals surface area (Å²) in [5, 5.41) is -0.224. The lowest BCUT2D eigenvalue weighted by atomic mass is 10.2. The molecular formula is C19H16F3N3OS. The average Bonchev–Trinajstić information content (AvgIpc) is 2.62. The van der Waals surface area contributed by atoms with E-state index in [0.717, 1.165) is 30.0 Å². The molecule has 0 spiro atoms. The van der Waals surface area contributed by atoms with Gasteiger partial charge in [0.05, 0.1) is 7.11 Å². The van der Waals surface area contributed by atoms with Crippen molar-refractivity contribution in [2.75, 3.05) is 7.11 Å². The fourth-order valence-corrected chi connectivity index (χ4v) is 3.36. The summed E-state index contributed by atoms with van der Waals surface area (Å²) in [4.78, 5) is 13.0. The van der Waals surface area contributed by atoms with Crippen molar-refractivity contribution in [3.05, 3.63) is 59.3 Å². The number of halogens is 3. The second kappa shape index (κ2) is 7.56. The normalized spacial score (nSPS) is 11.5. The minimum atomic E-state index is -4.66. The first-order chi connectivity index (χ1) is 12.8. The van der Waals surface area contributed by atoms with Crippen LogP contribution in [0.2, 0.25) is 0 Å². The summed E-state index contributed by atoms with van der Waals surface area (Å²) in [6.45, 7) is 3.70. The van der Waals surface area contributed by atoms with Gasteiger partial charge in [-0.05, 0) is 37.6 Å². The molecule has 0 radical (unpaired) electrons. The smallest absolute Gasteiger partial charge is 0.424 e. The third-order valence-corrected chi connectivity index (χ3v) is 4.77. The van der Waals surface area contributed by atoms with Crippen LogP contribution in [-0.2, 0) is 6.18 Å². The van der Waals surface area contributed by atoms with E-state index >= 15 is 0 Å². The molecule has 3 aromatic rings. The van der Waals surface area contributed by atoms with Crippen LogP contribution in [0.4, 0.5) is 13.2 Å². The number of aromatic nitrogens is 3. The van der Waals surface area contributed by atoms with E-state index in [2.05, 4.69) is 15.0 Å². The van der Waals surface area contributed by atoms with Gasteiger partial charge in [0, 0.05) is 11.1 Å². The van der Waals surface area contributed by atoms with Gasteiger partial charge < -0.3 is 4.74 Å². The zero-order valence-corrected chi connectivity index (χ0v) is 15.6. The van der Waals surface area contributed by atoms with Gasteiger partial charge in [-0.25, -0.2) is 4.98 Å². The zero-order valence-electron chi connectivity index (χ0n) is 14.8. The molecule has 27 heavy (non-hydrogen) atoms. The molecule has 0 bridgehead atoms. The Labute approximate surface area is 158 Å². The third-order valence-electron chi connectivity index (χ3n) is 3.78. The molecule has 0 aliphatic rings. The van der Waals surface area contributed by atoms with Crippen molar-refractivity contribution in [3.8, 4) is 17.4 Å². The van der Waals surface area contributed by atoms with Crippen LogP contribution in [0.5, 0.6) is 5.88 Å². The fourth-order valence-electron chi connectivity index (χ4n) is 2.43. The van der Waals surface area contributed by atoms with Crippen LogP contribution in [0.25, 0.3) is 11.5 Å². The summed E-state index contributed by atoms with van der Waals surface area (Å²) in [5.74, 6) is -0.431. The summed E-state index contributed by atoms with van der Waals surface area (Å²) < 4.78 is 46.0. The summed E-state index contributed by atoms with van der Waals surface area (Å²) >= 11 is 0.915. The Kier molecular flexibility index (Phi) is 5.36. The van der Waals surface area contributed by atoms with E-state index in [1.807, 2.05) is 19.1 Å². The molecular weight excluding hydrogens is 375 g/mol. The number of ether oxygens (including phenoxy) is 1. The zero-order chi connectivity index (χ0) is 19.6. The summed E-state index contributed by atoms with van der Waals surface area (Å²) in [5.41, 5.74) is 1.19. The first kappa shape index (κ1) is 19.2. The summed E-state index contributed by atoms with van der Waals surface area (Å²) in [6, 6.07) is 10.7. The molecule has 4 nitrogen and oxygen atoms in total. The van der Waals surface area contributed by atoms with Crippen molar-refractivity contribution >= 4 is 11.8 Å². The molecule has 0 amide bonds. The van der Waals surface area contributed by atoms with Crippen LogP contribution in [0, 0.1) is 13.8 Å². The molecule has 0 saturated carbocycles. The lowest BCUT2D eigenvalue weighted by molar-refractivity contribution is -0.141. The molecule has 0 N–H and O–H groups in total. The van der Waals surface area contributed by atoms with E-state index in [9.17, 15) is 13.2 Å². The number of rotatable bonds is 4. The van der Waals surface area contributed by atoms with E-state index in [-0.39, 0.29) is 10.9 Å². The van der Waals surface area contributed by atoms with Gasteiger partial charge in [-0.3, -0.25) is 4.98 Å². The van der Waals surface area contributed by atoms with Crippen molar-refractivity contribution in [2.24, 2.45) is 0 Å². The second-order valence-electron chi connectivity index (χ2n) is 5.82. The van der Waals surface area contributed by atoms with Crippen LogP contribution in [0.1, 0.15) is 16.7 Å². The van der Waals surface area contributed by atoms with Crippen LogP contribution >= 0.6 is 11.8 Å². The van der Waals surface area contributed by atoms with Crippen LogP contribution in [0.15, 0.2) is 52.5 Å². The molecule has 140 valence electrons. The Morgan fingerprint density at radius 1 is 1.00 bits per heavy atom. The van der Waals surface area contributed by atoms with Crippen molar-refractivity contribution < 1.29 is 17.9 Å². The Morgan fingerprint density at radius 2 is 1.70 bits per heavy atom. The number of benzene rings is 1. The first-order valence-corrected chi connectivity index (χ1v) is 8.81. The van der Waals surface area contributed by atoms with Gasteiger partial charge in [-0.2, -0.15) is 18.2 Å². The summed E-state index contributed by atoms with van der Waals surface area (Å²) in [6.07, 6.45) is -3.11. The maximum atomic E-state index is 13.7. The summed E-state index contributed by atoms with van der Waals surface area (Å²) in [7, 11) is 1.16. The topological polar surface area (TPSA) is 47.9 Å². The van der Waals surface area contributed by atoms with Crippen molar-refractivity contribution in [3.63, 3.8) is 0 Å². The molecule has 1 aromatic carbocycles. The molecule has 3 rings (SSSR count). The number of hydrogen-bond donors (Lipinski definition) is 0. The maximum absolute atomic E-state index is 13.7. The van der Waals surface area contributed by atoms with Gasteiger partial charge in [-0.1, -0.05) is 35.5 Å². The molecule has 2 heterocycles. The van der Waals surface area contributed by atoms with Crippen molar-refractivity contribution in [1.82, 2.24) is 15.0 Å². The van der Waals surface area contributed by atoms with Gasteiger partial charge >= 0.3 is 6.18 Å². The molecule has 8 heteroatoms. The van der Waals surface area contributed by atoms with Crippen molar-refractivity contribution in [1.29, 1.82) is 0 Å². The van der Waals surface area contributed by atoms with E-state index in [4.69, 9.17) is 4.74 Å².